The van der Waals surface area contributed by atoms with Gasteiger partial charge >= 0.3 is 0 Å². The predicted octanol–water partition coefficient (Wildman–Crippen LogP) is 35.7. The molecule has 6 aliphatic carbocycles. The minimum Gasteiger partial charge on any atom is -0.0851 e. The highest BCUT2D eigenvalue weighted by atomic mass is 14.2. The molecule has 0 N–H and O–H groups in total. The van der Waals surface area contributed by atoms with Crippen LogP contribution in [0.25, 0.3) is 0 Å². The minimum absolute atomic E-state index is 0. The molecule has 0 spiro atoms. The molecule has 0 radical (unpaired) electrons. The van der Waals surface area contributed by atoms with Crippen LogP contribution >= 0.6 is 0 Å². The summed E-state index contributed by atoms with van der Waals surface area (Å²) in [6, 6.07) is 0. The summed E-state index contributed by atoms with van der Waals surface area (Å²) in [6.45, 7) is 77.4. The first-order valence-corrected chi connectivity index (χ1v) is 39.4. The van der Waals surface area contributed by atoms with Gasteiger partial charge in [0.2, 0.25) is 0 Å². The van der Waals surface area contributed by atoms with E-state index in [1.54, 1.807) is 16.7 Å². The summed E-state index contributed by atoms with van der Waals surface area (Å²) < 4.78 is 0. The fourth-order valence-corrected chi connectivity index (χ4v) is 9.57. The molecule has 6 aliphatic rings. The van der Waals surface area contributed by atoms with Crippen LogP contribution in [0.2, 0.25) is 0 Å². The zero-order chi connectivity index (χ0) is 68.4. The summed E-state index contributed by atoms with van der Waals surface area (Å²) in [7, 11) is 0. The average molecular weight is 1240 g/mol. The number of allylic oxidation sites excluding steroid dienone is 6. The fourth-order valence-electron chi connectivity index (χ4n) is 9.57. The molecule has 0 heterocycles. The first-order valence-electron chi connectivity index (χ1n) is 39.4. The Kier molecular flexibility index (Phi) is 169. The maximum atomic E-state index is 2.46. The van der Waals surface area contributed by atoms with E-state index >= 15 is 0 Å². The monoisotopic (exact) mass is 1240 g/mol. The number of hydrogen-bond acceptors (Lipinski definition) is 0. The molecule has 0 aromatic carbocycles. The summed E-state index contributed by atoms with van der Waals surface area (Å²) in [5.41, 5.74) is 5.05. The van der Waals surface area contributed by atoms with Gasteiger partial charge in [-0.05, 0) is 124 Å². The smallest absolute Gasteiger partial charge is 0.0260 e. The van der Waals surface area contributed by atoms with Gasteiger partial charge in [-0.3, -0.25) is 0 Å². The average Bonchev–Trinajstić information content (AvgIpc) is 4.13. The van der Waals surface area contributed by atoms with Crippen LogP contribution in [0.1, 0.15) is 483 Å². The van der Waals surface area contributed by atoms with Crippen molar-refractivity contribution in [3.63, 3.8) is 0 Å². The van der Waals surface area contributed by atoms with Crippen LogP contribution in [-0.2, 0) is 0 Å². The van der Waals surface area contributed by atoms with Crippen molar-refractivity contribution < 1.29 is 0 Å². The first-order chi connectivity index (χ1) is 40.3. The van der Waals surface area contributed by atoms with Crippen molar-refractivity contribution in [2.75, 3.05) is 0 Å². The van der Waals surface area contributed by atoms with Crippen LogP contribution < -0.4 is 0 Å². The molecule has 87 heavy (non-hydrogen) atoms. The van der Waals surface area contributed by atoms with Gasteiger partial charge < -0.3 is 0 Å². The van der Waals surface area contributed by atoms with Crippen molar-refractivity contribution >= 4 is 0 Å². The zero-order valence-corrected chi connectivity index (χ0v) is 67.8. The van der Waals surface area contributed by atoms with E-state index < -0.39 is 0 Å². The van der Waals surface area contributed by atoms with E-state index in [9.17, 15) is 0 Å². The second kappa shape index (κ2) is 119. The van der Waals surface area contributed by atoms with Crippen molar-refractivity contribution in [2.24, 2.45) is 53.3 Å². The summed E-state index contributed by atoms with van der Waals surface area (Å²) in [4.78, 5) is 0. The van der Waals surface area contributed by atoms with E-state index in [1.165, 1.54) is 212 Å². The van der Waals surface area contributed by atoms with Crippen LogP contribution in [0, 0.1) is 53.3 Å². The van der Waals surface area contributed by atoms with Crippen LogP contribution in [0.5, 0.6) is 0 Å². The van der Waals surface area contributed by atoms with Gasteiger partial charge in [-0.1, -0.05) is 448 Å². The molecule has 0 unspecified atom stereocenters. The third-order valence-corrected chi connectivity index (χ3v) is 14.0. The molecule has 0 aromatic heterocycles. The molecular weight excluding hydrogens is 1040 g/mol. The van der Waals surface area contributed by atoms with E-state index in [2.05, 4.69) is 184 Å². The molecule has 0 aromatic rings. The van der Waals surface area contributed by atoms with Crippen LogP contribution in [0.3, 0.4) is 0 Å². The molecule has 0 saturated heterocycles. The molecule has 0 amide bonds. The SMILES string of the molecule is C.C.C.CC.CC.CC.CC.CC.CC.CC(C)C1=CCCC1.CC(C)C1=CCCCC1.CC(C)C1=CCCCCC1.CC(C)C1CCCC1.CC(C)C1CCCCC1.CC(C)C1CCCCCC1.CCC.CCC.CCC.CCC.CCC.CCC. The van der Waals surface area contributed by atoms with Gasteiger partial charge in [0, 0.05) is 0 Å². The van der Waals surface area contributed by atoms with Crippen LogP contribution in [0.4, 0.5) is 0 Å². The second-order valence-corrected chi connectivity index (χ2v) is 24.7. The van der Waals surface area contributed by atoms with Gasteiger partial charge in [-0.2, -0.15) is 0 Å². The Morgan fingerprint density at radius 3 is 0.563 bits per heavy atom. The van der Waals surface area contributed by atoms with Gasteiger partial charge in [-0.15, -0.1) is 0 Å². The van der Waals surface area contributed by atoms with Crippen LogP contribution in [-0.4, -0.2) is 0 Å². The summed E-state index contributed by atoms with van der Waals surface area (Å²) in [5.74, 6) is 8.36. The lowest BCUT2D eigenvalue weighted by molar-refractivity contribution is 0.279. The molecule has 3 saturated carbocycles. The lowest BCUT2D eigenvalue weighted by atomic mass is 9.82. The Balaban J connectivity index is -0.0000000502. The van der Waals surface area contributed by atoms with E-state index in [1.807, 2.05) is 83.1 Å². The Morgan fingerprint density at radius 2 is 0.391 bits per heavy atom. The lowest BCUT2D eigenvalue weighted by Crippen LogP contribution is -2.12. The summed E-state index contributed by atoms with van der Waals surface area (Å²) in [5, 5.41) is 0. The van der Waals surface area contributed by atoms with Gasteiger partial charge in [-0.25, -0.2) is 0 Å². The van der Waals surface area contributed by atoms with Crippen molar-refractivity contribution in [1.82, 2.24) is 0 Å². The quantitative estimate of drug-likeness (QED) is 0.184. The second-order valence-electron chi connectivity index (χ2n) is 24.7. The molecule has 0 atom stereocenters. The van der Waals surface area contributed by atoms with Gasteiger partial charge in [0.25, 0.3) is 0 Å². The standard InChI is InChI=1S/C10H20.C10H18.C9H18.C9H16.C8H16.C8H14.6C3H8.6C2H6.3CH4/c2*1-9(2)10-7-5-3-4-6-8-10;2*1-8(2)9-6-4-3-5-7-9;2*1-7(2)8-5-3-4-6-8;6*1-3-2;6*1-2;;;/h9-10H,3-8H2,1-2H3;7,9H,3-6,8H2,1-2H3;8-9H,3-7H2,1-2H3;6,8H,3-5,7H2,1-2H3;7-8H,3-6H2,1-2H3;5,7H,3-4,6H2,1-2H3;6*3H2,1-2H3;6*1-2H3;3*1H4. The van der Waals surface area contributed by atoms with E-state index in [4.69, 9.17) is 0 Å². The van der Waals surface area contributed by atoms with Crippen molar-refractivity contribution in [1.29, 1.82) is 0 Å². The Bertz CT molecular complexity index is 1010. The highest BCUT2D eigenvalue weighted by Gasteiger charge is 2.18. The van der Waals surface area contributed by atoms with E-state index in [0.29, 0.717) is 0 Å². The third-order valence-electron chi connectivity index (χ3n) is 14.0. The molecular formula is C87H198. The molecule has 6 rings (SSSR count). The van der Waals surface area contributed by atoms with Gasteiger partial charge in [0.15, 0.2) is 0 Å². The molecule has 546 valence electrons. The van der Waals surface area contributed by atoms with Gasteiger partial charge in [0.1, 0.15) is 0 Å². The largest absolute Gasteiger partial charge is 0.0851 e. The van der Waals surface area contributed by atoms with Crippen molar-refractivity contribution in [3.05, 3.63) is 34.9 Å². The molecule has 0 bridgehead atoms. The first kappa shape index (κ1) is 123. The lowest BCUT2D eigenvalue weighted by Gasteiger charge is -2.24. The summed E-state index contributed by atoms with van der Waals surface area (Å²) >= 11 is 0. The highest BCUT2D eigenvalue weighted by Crippen LogP contribution is 2.32. The van der Waals surface area contributed by atoms with Crippen LogP contribution in [0.15, 0.2) is 34.9 Å². The maximum absolute atomic E-state index is 2.46. The fraction of sp³-hybridized carbons (Fsp3) is 0.931. The summed E-state index contributed by atoms with van der Waals surface area (Å²) in [6.07, 6.45) is 53.7. The highest BCUT2D eigenvalue weighted by molar-refractivity contribution is 5.09. The number of hydrogen-bond donors (Lipinski definition) is 0. The Hall–Kier alpha value is -0.780. The maximum Gasteiger partial charge on any atom is -0.0260 e. The molecule has 3 fully saturated rings. The molecule has 0 nitrogen and oxygen atoms in total. The Labute approximate surface area is 568 Å². The van der Waals surface area contributed by atoms with Gasteiger partial charge in [0.05, 0.1) is 0 Å². The molecule has 0 heteroatoms. The zero-order valence-electron chi connectivity index (χ0n) is 67.8. The van der Waals surface area contributed by atoms with Crippen molar-refractivity contribution in [3.8, 4) is 0 Å². The minimum atomic E-state index is 0. The van der Waals surface area contributed by atoms with E-state index in [0.717, 1.165) is 53.3 Å². The van der Waals surface area contributed by atoms with Crippen molar-refractivity contribution in [2.45, 2.75) is 483 Å². The Morgan fingerprint density at radius 1 is 0.241 bits per heavy atom. The third kappa shape index (κ3) is 116. The normalized spacial score (nSPS) is 15.0. The molecule has 0 aliphatic heterocycles. The predicted molar refractivity (Wildman–Crippen MR) is 432 cm³/mol. The number of rotatable bonds is 6. The van der Waals surface area contributed by atoms with E-state index in [-0.39, 0.29) is 22.3 Å². The topological polar surface area (TPSA) is 0 Å².